The molecule has 0 saturated carbocycles. The summed E-state index contributed by atoms with van der Waals surface area (Å²) in [5.74, 6) is -0.555. The number of carbonyl (C=O) groups excluding carboxylic acids is 2. The first kappa shape index (κ1) is 22.0. The summed E-state index contributed by atoms with van der Waals surface area (Å²) in [7, 11) is -1.98. The summed E-state index contributed by atoms with van der Waals surface area (Å²) in [4.78, 5) is 24.7. The highest BCUT2D eigenvalue weighted by Gasteiger charge is 2.32. The standard InChI is InChI=1S/C22H27N3O4S/c1-16-7-9-19(10-8-16)30(28,29)25-13-11-17(12-14-25)22(27)24-20-6-4-3-5-18(20)15-21(26)23-2/h3-10,17H,11-15H2,1-2H3,(H,23,26)(H,24,27). The Morgan fingerprint density at radius 3 is 2.30 bits per heavy atom. The van der Waals surface area contributed by atoms with E-state index in [9.17, 15) is 18.0 Å². The van der Waals surface area contributed by atoms with Gasteiger partial charge in [-0.25, -0.2) is 8.42 Å². The maximum Gasteiger partial charge on any atom is 0.243 e. The number of amides is 2. The maximum absolute atomic E-state index is 12.8. The lowest BCUT2D eigenvalue weighted by Gasteiger charge is -2.30. The van der Waals surface area contributed by atoms with Crippen LogP contribution in [0.5, 0.6) is 0 Å². The normalized spacial score (nSPS) is 15.5. The minimum Gasteiger partial charge on any atom is -0.359 e. The molecule has 0 aromatic heterocycles. The molecule has 0 bridgehead atoms. The van der Waals surface area contributed by atoms with Crippen LogP contribution in [-0.2, 0) is 26.0 Å². The van der Waals surface area contributed by atoms with Crippen LogP contribution in [0.25, 0.3) is 0 Å². The third-order valence-corrected chi connectivity index (χ3v) is 7.30. The quantitative estimate of drug-likeness (QED) is 0.737. The van der Waals surface area contributed by atoms with Gasteiger partial charge in [0.15, 0.2) is 0 Å². The molecule has 1 fully saturated rings. The van der Waals surface area contributed by atoms with Crippen LogP contribution < -0.4 is 10.6 Å². The van der Waals surface area contributed by atoms with Crippen LogP contribution in [0.3, 0.4) is 0 Å². The topological polar surface area (TPSA) is 95.6 Å². The Hall–Kier alpha value is -2.71. The van der Waals surface area contributed by atoms with Gasteiger partial charge in [0.25, 0.3) is 0 Å². The predicted octanol–water partition coefficient (Wildman–Crippen LogP) is 2.32. The second kappa shape index (κ2) is 9.40. The summed E-state index contributed by atoms with van der Waals surface area (Å²) in [5.41, 5.74) is 2.35. The number of benzene rings is 2. The number of para-hydroxylation sites is 1. The van der Waals surface area contributed by atoms with Gasteiger partial charge in [0.1, 0.15) is 0 Å². The fraction of sp³-hybridized carbons (Fsp3) is 0.364. The van der Waals surface area contributed by atoms with Crippen LogP contribution >= 0.6 is 0 Å². The molecule has 3 rings (SSSR count). The molecule has 30 heavy (non-hydrogen) atoms. The first-order valence-electron chi connectivity index (χ1n) is 9.97. The van der Waals surface area contributed by atoms with E-state index in [1.807, 2.05) is 19.1 Å². The molecule has 1 aliphatic rings. The number of aryl methyl sites for hydroxylation is 1. The number of piperidine rings is 1. The Morgan fingerprint density at radius 2 is 1.67 bits per heavy atom. The summed E-state index contributed by atoms with van der Waals surface area (Å²) in [6.45, 7) is 2.51. The number of rotatable bonds is 6. The summed E-state index contributed by atoms with van der Waals surface area (Å²) < 4.78 is 27.1. The highest BCUT2D eigenvalue weighted by Crippen LogP contribution is 2.26. The fourth-order valence-electron chi connectivity index (χ4n) is 3.51. The van der Waals surface area contributed by atoms with E-state index in [-0.39, 0.29) is 29.0 Å². The lowest BCUT2D eigenvalue weighted by molar-refractivity contribution is -0.121. The SMILES string of the molecule is CNC(=O)Cc1ccccc1NC(=O)C1CCN(S(=O)(=O)c2ccc(C)cc2)CC1. The molecular formula is C22H27N3O4S. The van der Waals surface area contributed by atoms with Crippen molar-refractivity contribution in [1.82, 2.24) is 9.62 Å². The zero-order chi connectivity index (χ0) is 21.7. The lowest BCUT2D eigenvalue weighted by Crippen LogP contribution is -2.41. The van der Waals surface area contributed by atoms with E-state index < -0.39 is 10.0 Å². The van der Waals surface area contributed by atoms with Crippen molar-refractivity contribution in [3.8, 4) is 0 Å². The Kier molecular flexibility index (Phi) is 6.89. The number of sulfonamides is 1. The average molecular weight is 430 g/mol. The second-order valence-corrected chi connectivity index (χ2v) is 9.43. The Labute approximate surface area is 177 Å². The summed E-state index contributed by atoms with van der Waals surface area (Å²) in [5, 5.41) is 5.49. The number of nitrogens with one attached hydrogen (secondary N) is 2. The molecule has 0 aliphatic carbocycles. The van der Waals surface area contributed by atoms with Gasteiger partial charge in [0.05, 0.1) is 11.3 Å². The molecule has 2 aromatic rings. The molecule has 0 atom stereocenters. The van der Waals surface area contributed by atoms with Gasteiger partial charge in [-0.2, -0.15) is 4.31 Å². The summed E-state index contributed by atoms with van der Waals surface area (Å²) >= 11 is 0. The van der Waals surface area contributed by atoms with Crippen molar-refractivity contribution < 1.29 is 18.0 Å². The monoisotopic (exact) mass is 429 g/mol. The lowest BCUT2D eigenvalue weighted by atomic mass is 9.97. The molecular weight excluding hydrogens is 402 g/mol. The number of anilines is 1. The summed E-state index contributed by atoms with van der Waals surface area (Å²) in [6, 6.07) is 14.0. The van der Waals surface area contributed by atoms with E-state index in [1.54, 1.807) is 43.4 Å². The Morgan fingerprint density at radius 1 is 1.03 bits per heavy atom. The smallest absolute Gasteiger partial charge is 0.243 e. The van der Waals surface area contributed by atoms with Crippen molar-refractivity contribution in [1.29, 1.82) is 0 Å². The number of hydrogen-bond donors (Lipinski definition) is 2. The zero-order valence-electron chi connectivity index (χ0n) is 17.2. The van der Waals surface area contributed by atoms with Gasteiger partial charge in [0.2, 0.25) is 21.8 Å². The van der Waals surface area contributed by atoms with Gasteiger partial charge < -0.3 is 10.6 Å². The number of carbonyl (C=O) groups is 2. The molecule has 0 radical (unpaired) electrons. The molecule has 7 nitrogen and oxygen atoms in total. The van der Waals surface area contributed by atoms with Crippen molar-refractivity contribution >= 4 is 27.5 Å². The van der Waals surface area contributed by atoms with Crippen LogP contribution in [0.15, 0.2) is 53.4 Å². The van der Waals surface area contributed by atoms with Crippen LogP contribution in [0, 0.1) is 12.8 Å². The second-order valence-electron chi connectivity index (χ2n) is 7.49. The maximum atomic E-state index is 12.8. The van der Waals surface area contributed by atoms with Gasteiger partial charge in [-0.1, -0.05) is 35.9 Å². The molecule has 160 valence electrons. The molecule has 2 N–H and O–H groups in total. The fourth-order valence-corrected chi connectivity index (χ4v) is 4.98. The average Bonchev–Trinajstić information content (AvgIpc) is 2.75. The van der Waals surface area contributed by atoms with Crippen molar-refractivity contribution in [2.75, 3.05) is 25.5 Å². The summed E-state index contributed by atoms with van der Waals surface area (Å²) in [6.07, 6.45) is 1.09. The van der Waals surface area contributed by atoms with Crippen LogP contribution in [0.2, 0.25) is 0 Å². The van der Waals surface area contributed by atoms with Crippen LogP contribution in [0.1, 0.15) is 24.0 Å². The molecule has 0 unspecified atom stereocenters. The molecule has 8 heteroatoms. The third-order valence-electron chi connectivity index (χ3n) is 5.39. The Bertz CT molecular complexity index is 1010. The molecule has 0 spiro atoms. The van der Waals surface area contributed by atoms with Crippen molar-refractivity contribution in [2.24, 2.45) is 5.92 Å². The van der Waals surface area contributed by atoms with E-state index in [1.165, 1.54) is 4.31 Å². The van der Waals surface area contributed by atoms with Gasteiger partial charge in [0, 0.05) is 31.7 Å². The van der Waals surface area contributed by atoms with Crippen molar-refractivity contribution in [3.05, 3.63) is 59.7 Å². The molecule has 1 saturated heterocycles. The van der Waals surface area contributed by atoms with Gasteiger partial charge >= 0.3 is 0 Å². The van der Waals surface area contributed by atoms with Crippen molar-refractivity contribution in [2.45, 2.75) is 31.1 Å². The molecule has 1 aliphatic heterocycles. The van der Waals surface area contributed by atoms with E-state index in [4.69, 9.17) is 0 Å². The molecule has 2 amide bonds. The van der Waals surface area contributed by atoms with E-state index in [2.05, 4.69) is 10.6 Å². The van der Waals surface area contributed by atoms with Gasteiger partial charge in [-0.05, 0) is 43.5 Å². The first-order valence-corrected chi connectivity index (χ1v) is 11.4. The van der Waals surface area contributed by atoms with Crippen molar-refractivity contribution in [3.63, 3.8) is 0 Å². The minimum absolute atomic E-state index is 0.133. The highest BCUT2D eigenvalue weighted by atomic mass is 32.2. The molecule has 1 heterocycles. The highest BCUT2D eigenvalue weighted by molar-refractivity contribution is 7.89. The number of hydrogen-bond acceptors (Lipinski definition) is 4. The largest absolute Gasteiger partial charge is 0.359 e. The number of likely N-dealkylation sites (N-methyl/N-ethyl adjacent to an activating group) is 1. The van der Waals surface area contributed by atoms with Crippen LogP contribution in [-0.4, -0.2) is 44.7 Å². The van der Waals surface area contributed by atoms with E-state index >= 15 is 0 Å². The Balaban J connectivity index is 1.62. The minimum atomic E-state index is -3.55. The zero-order valence-corrected chi connectivity index (χ0v) is 18.0. The number of nitrogens with zero attached hydrogens (tertiary/aromatic N) is 1. The first-order chi connectivity index (χ1) is 14.3. The van der Waals surface area contributed by atoms with E-state index in [0.717, 1.165) is 11.1 Å². The predicted molar refractivity (Wildman–Crippen MR) is 116 cm³/mol. The van der Waals surface area contributed by atoms with E-state index in [0.29, 0.717) is 31.6 Å². The van der Waals surface area contributed by atoms with Gasteiger partial charge in [-0.3, -0.25) is 9.59 Å². The third kappa shape index (κ3) is 5.06. The molecule has 2 aromatic carbocycles. The van der Waals surface area contributed by atoms with Crippen LogP contribution in [0.4, 0.5) is 5.69 Å². The van der Waals surface area contributed by atoms with Gasteiger partial charge in [-0.15, -0.1) is 0 Å².